The fourth-order valence-electron chi connectivity index (χ4n) is 1.19. The molecular formula is C9H8F2N2. The van der Waals surface area contributed by atoms with Crippen molar-refractivity contribution in [2.45, 2.75) is 0 Å². The molecule has 0 saturated carbocycles. The Labute approximate surface area is 74.4 Å². The first-order valence-electron chi connectivity index (χ1n) is 3.91. The third-order valence-electron chi connectivity index (χ3n) is 1.85. The van der Waals surface area contributed by atoms with Gasteiger partial charge in [-0.25, -0.2) is 8.78 Å². The largest absolute Gasteiger partial charge is 0.306 e. The molecule has 0 atom stereocenters. The van der Waals surface area contributed by atoms with E-state index >= 15 is 0 Å². The van der Waals surface area contributed by atoms with Crippen molar-refractivity contribution in [3.8, 4) is 0 Å². The first kappa shape index (κ1) is 8.04. The van der Waals surface area contributed by atoms with Gasteiger partial charge in [0.15, 0.2) is 11.6 Å². The van der Waals surface area contributed by atoms with Crippen LogP contribution in [0.4, 0.5) is 14.5 Å². The Hall–Kier alpha value is -1.58. The molecule has 1 aliphatic rings. The SMILES string of the molecule is Fc1ccc(N2CC=CN2)cc1F. The van der Waals surface area contributed by atoms with Crippen LogP contribution >= 0.6 is 0 Å². The van der Waals surface area contributed by atoms with Crippen LogP contribution in [0.25, 0.3) is 0 Å². The average molecular weight is 182 g/mol. The van der Waals surface area contributed by atoms with Crippen LogP contribution in [-0.2, 0) is 0 Å². The summed E-state index contributed by atoms with van der Waals surface area (Å²) in [6.07, 6.45) is 3.64. The number of benzene rings is 1. The highest BCUT2D eigenvalue weighted by Gasteiger charge is 2.09. The van der Waals surface area contributed by atoms with Gasteiger partial charge >= 0.3 is 0 Å². The molecular weight excluding hydrogens is 174 g/mol. The second-order valence-electron chi connectivity index (χ2n) is 2.74. The van der Waals surface area contributed by atoms with Crippen LogP contribution in [0.5, 0.6) is 0 Å². The van der Waals surface area contributed by atoms with E-state index in [2.05, 4.69) is 5.43 Å². The van der Waals surface area contributed by atoms with Gasteiger partial charge in [-0.15, -0.1) is 0 Å². The summed E-state index contributed by atoms with van der Waals surface area (Å²) < 4.78 is 25.3. The van der Waals surface area contributed by atoms with Gasteiger partial charge in [-0.05, 0) is 18.2 Å². The Bertz CT molecular complexity index is 341. The summed E-state index contributed by atoms with van der Waals surface area (Å²) in [6, 6.07) is 3.80. The second kappa shape index (κ2) is 3.05. The van der Waals surface area contributed by atoms with Gasteiger partial charge in [0.1, 0.15) is 0 Å². The van der Waals surface area contributed by atoms with Crippen molar-refractivity contribution in [3.05, 3.63) is 42.1 Å². The summed E-state index contributed by atoms with van der Waals surface area (Å²) in [5.74, 6) is -1.65. The zero-order chi connectivity index (χ0) is 9.26. The van der Waals surface area contributed by atoms with E-state index < -0.39 is 11.6 Å². The first-order valence-corrected chi connectivity index (χ1v) is 3.91. The van der Waals surface area contributed by atoms with Crippen molar-refractivity contribution >= 4 is 5.69 Å². The van der Waals surface area contributed by atoms with Crippen LogP contribution in [-0.4, -0.2) is 6.54 Å². The number of hydrogen-bond donors (Lipinski definition) is 1. The fourth-order valence-corrected chi connectivity index (χ4v) is 1.19. The van der Waals surface area contributed by atoms with Crippen molar-refractivity contribution in [3.63, 3.8) is 0 Å². The molecule has 1 heterocycles. The minimum atomic E-state index is -0.828. The topological polar surface area (TPSA) is 15.3 Å². The van der Waals surface area contributed by atoms with E-state index in [0.717, 1.165) is 12.1 Å². The Morgan fingerprint density at radius 3 is 2.69 bits per heavy atom. The minimum absolute atomic E-state index is 0.615. The lowest BCUT2D eigenvalue weighted by molar-refractivity contribution is 0.508. The van der Waals surface area contributed by atoms with Crippen LogP contribution in [0.15, 0.2) is 30.5 Å². The van der Waals surface area contributed by atoms with Gasteiger partial charge in [0.05, 0.1) is 12.2 Å². The lowest BCUT2D eigenvalue weighted by Gasteiger charge is -2.18. The molecule has 0 amide bonds. The monoisotopic (exact) mass is 182 g/mol. The molecule has 1 aromatic rings. The zero-order valence-corrected chi connectivity index (χ0v) is 6.80. The molecule has 68 valence electrons. The molecule has 4 heteroatoms. The predicted molar refractivity (Wildman–Crippen MR) is 46.0 cm³/mol. The van der Waals surface area contributed by atoms with Crippen molar-refractivity contribution in [2.24, 2.45) is 0 Å². The van der Waals surface area contributed by atoms with Crippen molar-refractivity contribution in [1.82, 2.24) is 5.43 Å². The quantitative estimate of drug-likeness (QED) is 0.712. The maximum Gasteiger partial charge on any atom is 0.160 e. The van der Waals surface area contributed by atoms with E-state index in [9.17, 15) is 8.78 Å². The molecule has 2 nitrogen and oxygen atoms in total. The third kappa shape index (κ3) is 1.47. The first-order chi connectivity index (χ1) is 6.27. The highest BCUT2D eigenvalue weighted by atomic mass is 19.2. The molecule has 2 rings (SSSR count). The van der Waals surface area contributed by atoms with Gasteiger partial charge in [0.25, 0.3) is 0 Å². The van der Waals surface area contributed by atoms with Gasteiger partial charge < -0.3 is 5.43 Å². The van der Waals surface area contributed by atoms with E-state index in [1.54, 1.807) is 11.2 Å². The van der Waals surface area contributed by atoms with Crippen molar-refractivity contribution < 1.29 is 8.78 Å². The molecule has 0 aliphatic carbocycles. The number of nitrogens with one attached hydrogen (secondary N) is 1. The van der Waals surface area contributed by atoms with E-state index in [-0.39, 0.29) is 0 Å². The van der Waals surface area contributed by atoms with Gasteiger partial charge in [0.2, 0.25) is 0 Å². The van der Waals surface area contributed by atoms with Gasteiger partial charge in [-0.2, -0.15) is 0 Å². The summed E-state index contributed by atoms with van der Waals surface area (Å²) in [6.45, 7) is 0.658. The molecule has 0 bridgehead atoms. The van der Waals surface area contributed by atoms with Crippen LogP contribution < -0.4 is 10.4 Å². The van der Waals surface area contributed by atoms with E-state index in [1.807, 2.05) is 6.08 Å². The summed E-state index contributed by atoms with van der Waals surface area (Å²) in [5.41, 5.74) is 3.50. The van der Waals surface area contributed by atoms with Crippen LogP contribution in [0.2, 0.25) is 0 Å². The molecule has 1 aliphatic heterocycles. The lowest BCUT2D eigenvalue weighted by Crippen LogP contribution is -2.29. The van der Waals surface area contributed by atoms with Crippen molar-refractivity contribution in [1.29, 1.82) is 0 Å². The summed E-state index contributed by atoms with van der Waals surface area (Å²) in [7, 11) is 0. The highest BCUT2D eigenvalue weighted by Crippen LogP contribution is 2.17. The predicted octanol–water partition coefficient (Wildman–Crippen LogP) is 1.80. The van der Waals surface area contributed by atoms with E-state index in [0.29, 0.717) is 12.2 Å². The number of hydrogen-bond acceptors (Lipinski definition) is 2. The third-order valence-corrected chi connectivity index (χ3v) is 1.85. The van der Waals surface area contributed by atoms with E-state index in [4.69, 9.17) is 0 Å². The molecule has 0 spiro atoms. The zero-order valence-electron chi connectivity index (χ0n) is 6.80. The molecule has 0 aromatic heterocycles. The number of halogens is 2. The van der Waals surface area contributed by atoms with Crippen LogP contribution in [0.3, 0.4) is 0 Å². The molecule has 1 N–H and O–H groups in total. The number of nitrogens with zero attached hydrogens (tertiary/aromatic N) is 1. The number of hydrazine groups is 1. The molecule has 1 aromatic carbocycles. The van der Waals surface area contributed by atoms with Gasteiger partial charge in [0, 0.05) is 12.3 Å². The van der Waals surface area contributed by atoms with Crippen molar-refractivity contribution in [2.75, 3.05) is 11.6 Å². The maximum atomic E-state index is 12.8. The van der Waals surface area contributed by atoms with Gasteiger partial charge in [-0.1, -0.05) is 0 Å². The Kier molecular flexibility index (Phi) is 1.88. The smallest absolute Gasteiger partial charge is 0.160 e. The normalized spacial score (nSPS) is 14.8. The molecule has 13 heavy (non-hydrogen) atoms. The molecule has 0 radical (unpaired) electrons. The highest BCUT2D eigenvalue weighted by molar-refractivity contribution is 5.47. The Morgan fingerprint density at radius 1 is 1.23 bits per heavy atom. The fraction of sp³-hybridized carbons (Fsp3) is 0.111. The standard InChI is InChI=1S/C9H8F2N2/c10-8-3-2-7(6-9(8)11)13-5-1-4-12-13/h1-4,6,12H,5H2. The summed E-state index contributed by atoms with van der Waals surface area (Å²) in [4.78, 5) is 0. The van der Waals surface area contributed by atoms with E-state index in [1.165, 1.54) is 6.07 Å². The molecule has 0 unspecified atom stereocenters. The summed E-state index contributed by atoms with van der Waals surface area (Å²) >= 11 is 0. The summed E-state index contributed by atoms with van der Waals surface area (Å²) in [5, 5.41) is 1.71. The Morgan fingerprint density at radius 2 is 2.08 bits per heavy atom. The van der Waals surface area contributed by atoms with Crippen LogP contribution in [0, 0.1) is 11.6 Å². The molecule has 0 fully saturated rings. The number of rotatable bonds is 1. The minimum Gasteiger partial charge on any atom is -0.306 e. The lowest BCUT2D eigenvalue weighted by atomic mass is 10.3. The molecule has 0 saturated heterocycles. The average Bonchev–Trinajstić information content (AvgIpc) is 2.62. The maximum absolute atomic E-state index is 12.8. The number of anilines is 1. The second-order valence-corrected chi connectivity index (χ2v) is 2.74. The van der Waals surface area contributed by atoms with Crippen LogP contribution in [0.1, 0.15) is 0 Å². The Balaban J connectivity index is 2.26. The van der Waals surface area contributed by atoms with Gasteiger partial charge in [-0.3, -0.25) is 5.01 Å².